The van der Waals surface area contributed by atoms with Gasteiger partial charge in [-0.05, 0) is 54.6 Å². The van der Waals surface area contributed by atoms with Crippen LogP contribution < -0.4 is 0 Å². The van der Waals surface area contributed by atoms with E-state index in [1.54, 1.807) is 19.2 Å². The number of amides is 1. The zero-order valence-corrected chi connectivity index (χ0v) is 22.7. The highest BCUT2D eigenvalue weighted by Crippen LogP contribution is 2.62. The molecule has 202 valence electrons. The number of hydrogen-bond donors (Lipinski definition) is 0. The van der Waals surface area contributed by atoms with Gasteiger partial charge in [0.05, 0.1) is 35.2 Å². The van der Waals surface area contributed by atoms with E-state index in [4.69, 9.17) is 4.74 Å². The number of pyridine rings is 2. The number of thiophene rings is 1. The first-order valence-corrected chi connectivity index (χ1v) is 13.8. The highest BCUT2D eigenvalue weighted by molar-refractivity contribution is 7.19. The quantitative estimate of drug-likeness (QED) is 0.444. The summed E-state index contributed by atoms with van der Waals surface area (Å²) in [5.41, 5.74) is 2.16. The fourth-order valence-electron chi connectivity index (χ4n) is 6.22. The minimum Gasteiger partial charge on any atom is -0.375 e. The molecule has 6 nitrogen and oxygen atoms in total. The summed E-state index contributed by atoms with van der Waals surface area (Å²) in [5, 5.41) is 0. The number of ether oxygens (including phenoxy) is 1. The Morgan fingerprint density at radius 1 is 1.24 bits per heavy atom. The Balaban J connectivity index is 1.38. The molecule has 0 N–H and O–H groups in total. The van der Waals surface area contributed by atoms with Crippen molar-refractivity contribution in [3.63, 3.8) is 0 Å². The lowest BCUT2D eigenvalue weighted by Crippen LogP contribution is -2.41. The van der Waals surface area contributed by atoms with Crippen molar-refractivity contribution in [1.29, 1.82) is 0 Å². The van der Waals surface area contributed by atoms with Gasteiger partial charge in [-0.3, -0.25) is 9.78 Å². The van der Waals surface area contributed by atoms with Gasteiger partial charge in [0.2, 0.25) is 5.91 Å². The van der Waals surface area contributed by atoms with Gasteiger partial charge in [-0.25, -0.2) is 4.98 Å². The molecule has 3 aliphatic rings. The number of likely N-dealkylation sites (tertiary alicyclic amines) is 1. The lowest BCUT2D eigenvalue weighted by Gasteiger charge is -2.31. The first-order chi connectivity index (χ1) is 17.9. The smallest absolute Gasteiger partial charge is 0.375 e. The summed E-state index contributed by atoms with van der Waals surface area (Å²) in [6.07, 6.45) is -2.59. The van der Waals surface area contributed by atoms with Gasteiger partial charge in [-0.15, -0.1) is 11.3 Å². The van der Waals surface area contributed by atoms with Crippen LogP contribution in [0.4, 0.5) is 13.2 Å². The fraction of sp³-hybridized carbons (Fsp3) is 0.536. The van der Waals surface area contributed by atoms with E-state index in [0.717, 1.165) is 34.3 Å². The minimum atomic E-state index is -4.56. The number of aromatic nitrogens is 2. The number of carbonyl (C=O) groups excluding carboxylic acids is 1. The van der Waals surface area contributed by atoms with E-state index in [2.05, 4.69) is 28.7 Å². The molecule has 2 unspecified atom stereocenters. The maximum atomic E-state index is 13.8. The SMILES string of the molecule is Cc1cc(C(F)(F)F)nc(-c2ccnc3cc(CN4CC5C(C4=O)C5(C)C)sc23)c1C[C@@H]1CN(C)CCO1. The highest BCUT2D eigenvalue weighted by Gasteiger charge is 2.67. The van der Waals surface area contributed by atoms with Crippen molar-refractivity contribution in [2.45, 2.75) is 46.0 Å². The largest absolute Gasteiger partial charge is 0.433 e. The normalized spacial score (nSPS) is 25.3. The molecule has 6 rings (SSSR count). The molecule has 2 aliphatic heterocycles. The number of aryl methyl sites for hydroxylation is 1. The molecule has 5 heterocycles. The number of piperidine rings is 1. The van der Waals surface area contributed by atoms with Crippen molar-refractivity contribution in [2.24, 2.45) is 17.3 Å². The summed E-state index contributed by atoms with van der Waals surface area (Å²) in [4.78, 5) is 26.6. The van der Waals surface area contributed by atoms with Crippen molar-refractivity contribution in [1.82, 2.24) is 19.8 Å². The summed E-state index contributed by atoms with van der Waals surface area (Å²) in [6.45, 7) is 9.37. The van der Waals surface area contributed by atoms with Gasteiger partial charge in [-0.1, -0.05) is 13.8 Å². The van der Waals surface area contributed by atoms with Crippen molar-refractivity contribution < 1.29 is 22.7 Å². The molecule has 0 radical (unpaired) electrons. The molecule has 38 heavy (non-hydrogen) atoms. The number of rotatable bonds is 5. The Bertz CT molecular complexity index is 1420. The van der Waals surface area contributed by atoms with E-state index in [1.165, 1.54) is 11.3 Å². The van der Waals surface area contributed by atoms with Crippen LogP contribution in [0.5, 0.6) is 0 Å². The predicted molar refractivity (Wildman–Crippen MR) is 140 cm³/mol. The highest BCUT2D eigenvalue weighted by atomic mass is 32.1. The van der Waals surface area contributed by atoms with E-state index in [0.29, 0.717) is 54.4 Å². The van der Waals surface area contributed by atoms with E-state index in [-0.39, 0.29) is 23.3 Å². The summed E-state index contributed by atoms with van der Waals surface area (Å²) in [6, 6.07) is 4.83. The molecule has 0 aromatic carbocycles. The molecule has 1 aliphatic carbocycles. The van der Waals surface area contributed by atoms with Crippen molar-refractivity contribution in [3.8, 4) is 11.3 Å². The van der Waals surface area contributed by atoms with Gasteiger partial charge in [0, 0.05) is 48.6 Å². The Labute approximate surface area is 223 Å². The average molecular weight is 545 g/mol. The number of morpholine rings is 1. The van der Waals surface area contributed by atoms with Crippen molar-refractivity contribution in [3.05, 3.63) is 46.1 Å². The van der Waals surface area contributed by atoms with Crippen LogP contribution in [0.2, 0.25) is 0 Å². The third kappa shape index (κ3) is 4.40. The van der Waals surface area contributed by atoms with E-state index < -0.39 is 11.9 Å². The van der Waals surface area contributed by atoms with Crippen LogP contribution in [0.1, 0.15) is 35.5 Å². The summed E-state index contributed by atoms with van der Waals surface area (Å²) in [7, 11) is 2.02. The molecule has 0 bridgehead atoms. The number of alkyl halides is 3. The number of hydrogen-bond acceptors (Lipinski definition) is 6. The summed E-state index contributed by atoms with van der Waals surface area (Å²) in [5.74, 6) is 0.700. The monoisotopic (exact) mass is 544 g/mol. The van der Waals surface area contributed by atoms with Gasteiger partial charge in [0.25, 0.3) is 0 Å². The summed E-state index contributed by atoms with van der Waals surface area (Å²) < 4.78 is 48.3. The molecule has 3 atom stereocenters. The molecule has 1 saturated carbocycles. The zero-order valence-electron chi connectivity index (χ0n) is 21.9. The number of fused-ring (bicyclic) bond motifs is 2. The number of carbonyl (C=O) groups is 1. The molecular formula is C28H31F3N4O2S. The Kier molecular flexibility index (Phi) is 6.08. The Morgan fingerprint density at radius 3 is 2.71 bits per heavy atom. The predicted octanol–water partition coefficient (Wildman–Crippen LogP) is 5.17. The number of nitrogens with zero attached hydrogens (tertiary/aromatic N) is 4. The fourth-order valence-corrected chi connectivity index (χ4v) is 7.37. The minimum absolute atomic E-state index is 0.0861. The molecule has 10 heteroatoms. The van der Waals surface area contributed by atoms with Gasteiger partial charge in [-0.2, -0.15) is 13.2 Å². The number of likely N-dealkylation sites (N-methyl/N-ethyl adjacent to an activating group) is 1. The lowest BCUT2D eigenvalue weighted by molar-refractivity contribution is -0.141. The van der Waals surface area contributed by atoms with Crippen LogP contribution in [0.3, 0.4) is 0 Å². The first-order valence-electron chi connectivity index (χ1n) is 13.0. The van der Waals surface area contributed by atoms with Gasteiger partial charge in [0.15, 0.2) is 0 Å². The second-order valence-electron chi connectivity index (χ2n) is 11.5. The first kappa shape index (κ1) is 25.7. The standard InChI is InChI=1S/C28H31F3N4O2S/c1-15-9-22(28(29,30)31)33-24(19(15)10-16-12-34(4)7-8-37-16)18-5-6-32-21-11-17(38-25(18)21)13-35-14-20-23(26(35)36)27(20,2)3/h5-6,9,11,16,20,23H,7-8,10,12-14H2,1-4H3/t16-,20?,23?/m1/s1. The van der Waals surface area contributed by atoms with Crippen molar-refractivity contribution in [2.75, 3.05) is 33.3 Å². The molecule has 3 aromatic heterocycles. The van der Waals surface area contributed by atoms with Crippen molar-refractivity contribution >= 4 is 27.5 Å². The molecule has 3 aromatic rings. The average Bonchev–Trinajstić information content (AvgIpc) is 3.13. The lowest BCUT2D eigenvalue weighted by atomic mass is 9.95. The molecule has 1 amide bonds. The molecule has 2 saturated heterocycles. The van der Waals surface area contributed by atoms with E-state index in [9.17, 15) is 18.0 Å². The third-order valence-electron chi connectivity index (χ3n) is 8.52. The maximum Gasteiger partial charge on any atom is 0.433 e. The molecular weight excluding hydrogens is 513 g/mol. The summed E-state index contributed by atoms with van der Waals surface area (Å²) >= 11 is 1.48. The van der Waals surface area contributed by atoms with Gasteiger partial charge < -0.3 is 14.5 Å². The Hall–Kier alpha value is -2.56. The van der Waals surface area contributed by atoms with Crippen LogP contribution >= 0.6 is 11.3 Å². The topological polar surface area (TPSA) is 58.6 Å². The van der Waals surface area contributed by atoms with E-state index >= 15 is 0 Å². The van der Waals surface area contributed by atoms with Crippen LogP contribution in [0.15, 0.2) is 24.4 Å². The van der Waals surface area contributed by atoms with E-state index in [1.807, 2.05) is 18.0 Å². The van der Waals surface area contributed by atoms with Crippen LogP contribution in [0.25, 0.3) is 21.5 Å². The second-order valence-corrected chi connectivity index (χ2v) is 12.7. The van der Waals surface area contributed by atoms with Crippen LogP contribution in [-0.2, 0) is 28.7 Å². The number of halogens is 3. The van der Waals surface area contributed by atoms with Gasteiger partial charge in [0.1, 0.15) is 5.69 Å². The van der Waals surface area contributed by atoms with Crippen LogP contribution in [0, 0.1) is 24.2 Å². The second kappa shape index (κ2) is 8.99. The van der Waals surface area contributed by atoms with Gasteiger partial charge >= 0.3 is 6.18 Å². The molecule has 3 fully saturated rings. The maximum absolute atomic E-state index is 13.8. The third-order valence-corrected chi connectivity index (χ3v) is 9.66. The Morgan fingerprint density at radius 2 is 2.03 bits per heavy atom. The molecule has 0 spiro atoms. The zero-order chi connectivity index (χ0) is 27.0. The van der Waals surface area contributed by atoms with Crippen LogP contribution in [-0.4, -0.2) is 65.1 Å².